The standard InChI is InChI=1S/C20H23ClN4O5/c1-22-20(30)16(26)15(8-11-6-7-23-17(11)27)25-19(29)13-9-12(21)4-5-14(13)24-18(28)10-2-3-10/h4-5,9-11,15H,2-3,6-8H2,1H3,(H,22,30)(H,23,27)(H,24,28)(H,25,29)/t11-,15-/m0/s1. The van der Waals surface area contributed by atoms with Gasteiger partial charge in [-0.25, -0.2) is 0 Å². The van der Waals surface area contributed by atoms with E-state index in [9.17, 15) is 24.0 Å². The van der Waals surface area contributed by atoms with Crippen LogP contribution >= 0.6 is 11.6 Å². The van der Waals surface area contributed by atoms with Gasteiger partial charge >= 0.3 is 0 Å². The highest BCUT2D eigenvalue weighted by Crippen LogP contribution is 2.31. The Bertz CT molecular complexity index is 899. The summed E-state index contributed by atoms with van der Waals surface area (Å²) in [6, 6.07) is 3.23. The van der Waals surface area contributed by atoms with E-state index in [0.717, 1.165) is 12.8 Å². The van der Waals surface area contributed by atoms with Crippen molar-refractivity contribution in [1.29, 1.82) is 0 Å². The summed E-state index contributed by atoms with van der Waals surface area (Å²) < 4.78 is 0. The zero-order chi connectivity index (χ0) is 21.8. The molecule has 1 saturated carbocycles. The highest BCUT2D eigenvalue weighted by Gasteiger charge is 2.35. The Morgan fingerprint density at radius 1 is 1.20 bits per heavy atom. The van der Waals surface area contributed by atoms with E-state index < -0.39 is 29.6 Å². The van der Waals surface area contributed by atoms with Gasteiger partial charge in [0.25, 0.3) is 11.8 Å². The molecule has 1 aliphatic carbocycles. The van der Waals surface area contributed by atoms with Gasteiger partial charge in [0.15, 0.2) is 0 Å². The number of carbonyl (C=O) groups is 5. The van der Waals surface area contributed by atoms with Gasteiger partial charge in [0.2, 0.25) is 17.6 Å². The van der Waals surface area contributed by atoms with E-state index in [2.05, 4.69) is 21.3 Å². The summed E-state index contributed by atoms with van der Waals surface area (Å²) in [6.45, 7) is 0.476. The molecule has 4 amide bonds. The molecule has 0 spiro atoms. The van der Waals surface area contributed by atoms with Crippen LogP contribution in [0.3, 0.4) is 0 Å². The van der Waals surface area contributed by atoms with E-state index in [0.29, 0.717) is 13.0 Å². The number of hydrogen-bond acceptors (Lipinski definition) is 5. The topological polar surface area (TPSA) is 133 Å². The normalized spacial score (nSPS) is 18.9. The van der Waals surface area contributed by atoms with Crippen molar-refractivity contribution < 1.29 is 24.0 Å². The molecule has 2 atom stereocenters. The maximum absolute atomic E-state index is 13.0. The molecule has 0 unspecified atom stereocenters. The first-order valence-corrected chi connectivity index (χ1v) is 10.1. The van der Waals surface area contributed by atoms with E-state index >= 15 is 0 Å². The minimum atomic E-state index is -1.20. The van der Waals surface area contributed by atoms with Crippen molar-refractivity contribution in [2.24, 2.45) is 11.8 Å². The van der Waals surface area contributed by atoms with Crippen LogP contribution in [-0.2, 0) is 19.2 Å². The maximum atomic E-state index is 13.0. The third kappa shape index (κ3) is 5.15. The lowest BCUT2D eigenvalue weighted by atomic mass is 9.95. The van der Waals surface area contributed by atoms with Gasteiger partial charge in [0.05, 0.1) is 17.3 Å². The van der Waals surface area contributed by atoms with Gasteiger partial charge in [-0.15, -0.1) is 0 Å². The number of amides is 4. The number of likely N-dealkylation sites (N-methyl/N-ethyl adjacent to an activating group) is 1. The molecule has 1 aromatic carbocycles. The lowest BCUT2D eigenvalue weighted by molar-refractivity contribution is -0.139. The summed E-state index contributed by atoms with van der Waals surface area (Å²) in [7, 11) is 1.31. The van der Waals surface area contributed by atoms with Crippen molar-refractivity contribution in [2.75, 3.05) is 18.9 Å². The highest BCUT2D eigenvalue weighted by atomic mass is 35.5. The summed E-state index contributed by atoms with van der Waals surface area (Å²) >= 11 is 6.02. The number of halogens is 1. The first-order chi connectivity index (χ1) is 14.3. The van der Waals surface area contributed by atoms with E-state index in [1.807, 2.05) is 0 Å². The Hall–Kier alpha value is -2.94. The molecule has 1 heterocycles. The molecule has 9 nitrogen and oxygen atoms in total. The molecular weight excluding hydrogens is 412 g/mol. The van der Waals surface area contributed by atoms with Crippen molar-refractivity contribution in [3.63, 3.8) is 0 Å². The first-order valence-electron chi connectivity index (χ1n) is 9.75. The van der Waals surface area contributed by atoms with E-state index in [-0.39, 0.29) is 40.4 Å². The second-order valence-corrected chi connectivity index (χ2v) is 7.87. The monoisotopic (exact) mass is 434 g/mol. The zero-order valence-corrected chi connectivity index (χ0v) is 17.2. The van der Waals surface area contributed by atoms with Crippen LogP contribution in [0.1, 0.15) is 36.0 Å². The second kappa shape index (κ2) is 9.25. The number of rotatable bonds is 8. The minimum absolute atomic E-state index is 0.00579. The van der Waals surface area contributed by atoms with Crippen LogP contribution in [0.4, 0.5) is 5.69 Å². The van der Waals surface area contributed by atoms with E-state index in [4.69, 9.17) is 11.6 Å². The lowest BCUT2D eigenvalue weighted by Crippen LogP contribution is -2.48. The Kier molecular flexibility index (Phi) is 6.71. The number of Topliss-reactive ketones (excluding diaryl/α,β-unsaturated/α-hetero) is 1. The van der Waals surface area contributed by atoms with Gasteiger partial charge in [0.1, 0.15) is 0 Å². The number of hydrogen-bond donors (Lipinski definition) is 4. The van der Waals surface area contributed by atoms with Gasteiger partial charge in [-0.1, -0.05) is 11.6 Å². The minimum Gasteiger partial charge on any atom is -0.356 e. The van der Waals surface area contributed by atoms with Gasteiger partial charge < -0.3 is 21.3 Å². The summed E-state index contributed by atoms with van der Waals surface area (Å²) in [6.07, 6.45) is 2.10. The molecule has 2 aliphatic rings. The van der Waals surface area contributed by atoms with Crippen molar-refractivity contribution in [3.05, 3.63) is 28.8 Å². The molecule has 30 heavy (non-hydrogen) atoms. The highest BCUT2D eigenvalue weighted by molar-refractivity contribution is 6.38. The van der Waals surface area contributed by atoms with Crippen LogP contribution in [0.2, 0.25) is 5.02 Å². The molecule has 0 radical (unpaired) electrons. The van der Waals surface area contributed by atoms with Gasteiger partial charge in [-0.2, -0.15) is 0 Å². The van der Waals surface area contributed by atoms with Crippen LogP contribution in [-0.4, -0.2) is 49.0 Å². The predicted molar refractivity (Wildman–Crippen MR) is 109 cm³/mol. The first kappa shape index (κ1) is 21.8. The molecule has 10 heteroatoms. The Morgan fingerprint density at radius 3 is 2.53 bits per heavy atom. The fourth-order valence-electron chi connectivity index (χ4n) is 3.30. The number of ketones is 1. The molecule has 1 aromatic rings. The number of benzene rings is 1. The SMILES string of the molecule is CNC(=O)C(=O)[C@H](C[C@@H]1CCNC1=O)NC(=O)c1cc(Cl)ccc1NC(=O)C1CC1. The van der Waals surface area contributed by atoms with Crippen molar-refractivity contribution >= 4 is 46.7 Å². The van der Waals surface area contributed by atoms with Gasteiger partial charge in [0, 0.05) is 30.5 Å². The third-order valence-corrected chi connectivity index (χ3v) is 5.42. The molecule has 1 saturated heterocycles. The lowest BCUT2D eigenvalue weighted by Gasteiger charge is -2.20. The molecule has 4 N–H and O–H groups in total. The van der Waals surface area contributed by atoms with Gasteiger partial charge in [-0.3, -0.25) is 24.0 Å². The summed E-state index contributed by atoms with van der Waals surface area (Å²) in [4.78, 5) is 61.4. The Balaban J connectivity index is 1.81. The number of carbonyl (C=O) groups excluding carboxylic acids is 5. The van der Waals surface area contributed by atoms with Crippen LogP contribution in [0, 0.1) is 11.8 Å². The quantitative estimate of drug-likeness (QED) is 0.445. The van der Waals surface area contributed by atoms with Crippen molar-refractivity contribution in [2.45, 2.75) is 31.7 Å². The maximum Gasteiger partial charge on any atom is 0.289 e. The Morgan fingerprint density at radius 2 is 1.93 bits per heavy atom. The van der Waals surface area contributed by atoms with E-state index in [1.54, 1.807) is 0 Å². The largest absolute Gasteiger partial charge is 0.356 e. The zero-order valence-electron chi connectivity index (χ0n) is 16.4. The van der Waals surface area contributed by atoms with Crippen molar-refractivity contribution in [3.8, 4) is 0 Å². The molecule has 1 aliphatic heterocycles. The molecule has 2 fully saturated rings. The average molecular weight is 435 g/mol. The molecule has 160 valence electrons. The van der Waals surface area contributed by atoms with Crippen LogP contribution in [0.15, 0.2) is 18.2 Å². The van der Waals surface area contributed by atoms with Crippen LogP contribution in [0.25, 0.3) is 0 Å². The summed E-state index contributed by atoms with van der Waals surface area (Å²) in [5.74, 6) is -3.36. The predicted octanol–water partition coefficient (Wildman–Crippen LogP) is 0.628. The van der Waals surface area contributed by atoms with E-state index in [1.165, 1.54) is 25.2 Å². The number of nitrogens with one attached hydrogen (secondary N) is 4. The fraction of sp³-hybridized carbons (Fsp3) is 0.450. The van der Waals surface area contributed by atoms with Crippen molar-refractivity contribution in [1.82, 2.24) is 16.0 Å². The molecule has 0 bridgehead atoms. The second-order valence-electron chi connectivity index (χ2n) is 7.44. The molecule has 3 rings (SSSR count). The number of anilines is 1. The summed E-state index contributed by atoms with van der Waals surface area (Å²) in [5.41, 5.74) is 0.334. The average Bonchev–Trinajstić information content (AvgIpc) is 3.51. The van der Waals surface area contributed by atoms with Crippen LogP contribution in [0.5, 0.6) is 0 Å². The smallest absolute Gasteiger partial charge is 0.289 e. The molecule has 0 aromatic heterocycles. The third-order valence-electron chi connectivity index (χ3n) is 5.19. The Labute approximate surface area is 178 Å². The fourth-order valence-corrected chi connectivity index (χ4v) is 3.47. The molecular formula is C20H23ClN4O5. The van der Waals surface area contributed by atoms with Crippen LogP contribution < -0.4 is 21.3 Å². The van der Waals surface area contributed by atoms with Gasteiger partial charge in [-0.05, 0) is 43.9 Å². The summed E-state index contributed by atoms with van der Waals surface area (Å²) in [5, 5.41) is 10.4.